The van der Waals surface area contributed by atoms with Gasteiger partial charge in [0.15, 0.2) is 11.5 Å². The summed E-state index contributed by atoms with van der Waals surface area (Å²) < 4.78 is 10.7. The van der Waals surface area contributed by atoms with Gasteiger partial charge in [0.25, 0.3) is 11.5 Å². The van der Waals surface area contributed by atoms with Crippen LogP contribution in [-0.4, -0.2) is 35.0 Å². The number of carbonyl (C=O) groups is 1. The highest BCUT2D eigenvalue weighted by atomic mass is 16.5. The van der Waals surface area contributed by atoms with Gasteiger partial charge in [-0.3, -0.25) is 14.6 Å². The van der Waals surface area contributed by atoms with Gasteiger partial charge in [-0.15, -0.1) is 0 Å². The zero-order valence-electron chi connectivity index (χ0n) is 19.7. The first kappa shape index (κ1) is 23.0. The third-order valence-corrected chi connectivity index (χ3v) is 5.75. The zero-order chi connectivity index (χ0) is 24.2. The molecule has 4 rings (SSSR count). The minimum atomic E-state index is -0.232. The van der Waals surface area contributed by atoms with Gasteiger partial charge in [-0.2, -0.15) is 0 Å². The first-order chi connectivity index (χ1) is 16.4. The van der Waals surface area contributed by atoms with Crippen molar-refractivity contribution in [1.29, 1.82) is 0 Å². The predicted octanol–water partition coefficient (Wildman–Crippen LogP) is 4.40. The molecule has 0 atom stereocenters. The van der Waals surface area contributed by atoms with Crippen molar-refractivity contribution in [2.45, 2.75) is 26.9 Å². The van der Waals surface area contributed by atoms with E-state index in [9.17, 15) is 9.59 Å². The molecule has 0 fully saturated rings. The lowest BCUT2D eigenvalue weighted by Gasteiger charge is -2.23. The molecule has 174 valence electrons. The van der Waals surface area contributed by atoms with Crippen LogP contribution in [0.25, 0.3) is 10.9 Å². The maximum absolute atomic E-state index is 13.6. The van der Waals surface area contributed by atoms with Crippen molar-refractivity contribution in [2.75, 3.05) is 14.2 Å². The van der Waals surface area contributed by atoms with Gasteiger partial charge in [-0.1, -0.05) is 17.7 Å². The van der Waals surface area contributed by atoms with Gasteiger partial charge >= 0.3 is 0 Å². The number of amides is 1. The van der Waals surface area contributed by atoms with Crippen LogP contribution in [0, 0.1) is 13.8 Å². The fraction of sp³-hybridized carbons (Fsp3) is 0.222. The number of pyridine rings is 2. The average molecular weight is 458 g/mol. The van der Waals surface area contributed by atoms with Crippen molar-refractivity contribution < 1.29 is 14.3 Å². The Hall–Kier alpha value is -4.13. The SMILES string of the molecule is COc1ccc(C(=O)N(Cc2cccnc2)Cc2cc3cc(C)cc(C)c3[nH]c2=O)cc1OC. The summed E-state index contributed by atoms with van der Waals surface area (Å²) in [6.45, 7) is 4.43. The lowest BCUT2D eigenvalue weighted by atomic mass is 10.0. The van der Waals surface area contributed by atoms with E-state index in [0.717, 1.165) is 27.6 Å². The summed E-state index contributed by atoms with van der Waals surface area (Å²) >= 11 is 0. The van der Waals surface area contributed by atoms with Gasteiger partial charge in [0.05, 0.1) is 26.3 Å². The highest BCUT2D eigenvalue weighted by molar-refractivity contribution is 5.95. The van der Waals surface area contributed by atoms with E-state index >= 15 is 0 Å². The molecule has 0 aliphatic heterocycles. The van der Waals surface area contributed by atoms with Crippen molar-refractivity contribution >= 4 is 16.8 Å². The van der Waals surface area contributed by atoms with Crippen LogP contribution in [0.2, 0.25) is 0 Å². The summed E-state index contributed by atoms with van der Waals surface area (Å²) in [6, 6.07) is 14.7. The number of rotatable bonds is 7. The maximum atomic E-state index is 13.6. The van der Waals surface area contributed by atoms with Gasteiger partial charge < -0.3 is 19.4 Å². The van der Waals surface area contributed by atoms with Crippen LogP contribution in [0.5, 0.6) is 11.5 Å². The molecule has 0 aliphatic carbocycles. The second kappa shape index (κ2) is 9.79. The Bertz CT molecular complexity index is 1400. The first-order valence-corrected chi connectivity index (χ1v) is 10.9. The van der Waals surface area contributed by atoms with Crippen LogP contribution in [0.4, 0.5) is 0 Å². The molecule has 1 N–H and O–H groups in total. The molecule has 0 saturated carbocycles. The number of nitrogens with one attached hydrogen (secondary N) is 1. The number of fused-ring (bicyclic) bond motifs is 1. The van der Waals surface area contributed by atoms with Crippen molar-refractivity contribution in [3.8, 4) is 11.5 Å². The van der Waals surface area contributed by atoms with Gasteiger partial charge in [-0.25, -0.2) is 0 Å². The molecule has 0 aliphatic rings. The molecule has 2 heterocycles. The number of ether oxygens (including phenoxy) is 2. The Morgan fingerprint density at radius 2 is 1.79 bits per heavy atom. The Labute approximate surface area is 198 Å². The average Bonchev–Trinajstić information content (AvgIpc) is 2.84. The summed E-state index contributed by atoms with van der Waals surface area (Å²) in [5, 5.41) is 0.937. The number of aryl methyl sites for hydroxylation is 2. The van der Waals surface area contributed by atoms with E-state index in [2.05, 4.69) is 9.97 Å². The van der Waals surface area contributed by atoms with Gasteiger partial charge in [0.1, 0.15) is 0 Å². The normalized spacial score (nSPS) is 10.8. The molecule has 0 spiro atoms. The van der Waals surface area contributed by atoms with Crippen LogP contribution in [0.3, 0.4) is 0 Å². The molecule has 0 saturated heterocycles. The first-order valence-electron chi connectivity index (χ1n) is 10.9. The van der Waals surface area contributed by atoms with Crippen molar-refractivity contribution in [3.05, 3.63) is 99.1 Å². The molecule has 2 aromatic heterocycles. The van der Waals surface area contributed by atoms with Crippen LogP contribution in [0.15, 0.2) is 65.7 Å². The predicted molar refractivity (Wildman–Crippen MR) is 131 cm³/mol. The monoisotopic (exact) mass is 457 g/mol. The summed E-state index contributed by atoms with van der Waals surface area (Å²) in [4.78, 5) is 35.4. The zero-order valence-corrected chi connectivity index (χ0v) is 19.7. The highest BCUT2D eigenvalue weighted by Crippen LogP contribution is 2.28. The summed E-state index contributed by atoms with van der Waals surface area (Å²) in [6.07, 6.45) is 3.40. The number of H-pyrrole nitrogens is 1. The highest BCUT2D eigenvalue weighted by Gasteiger charge is 2.20. The number of nitrogens with zero attached hydrogens (tertiary/aromatic N) is 2. The number of benzene rings is 2. The van der Waals surface area contributed by atoms with Gasteiger partial charge in [0, 0.05) is 30.1 Å². The number of aromatic nitrogens is 2. The van der Waals surface area contributed by atoms with Crippen molar-refractivity contribution in [3.63, 3.8) is 0 Å². The third kappa shape index (κ3) is 4.78. The minimum absolute atomic E-state index is 0.139. The van der Waals surface area contributed by atoms with Crippen molar-refractivity contribution in [2.24, 2.45) is 0 Å². The van der Waals surface area contributed by atoms with E-state index in [1.54, 1.807) is 42.6 Å². The topological polar surface area (TPSA) is 84.5 Å². The summed E-state index contributed by atoms with van der Waals surface area (Å²) in [5.41, 5.74) is 4.52. The Kier molecular flexibility index (Phi) is 6.63. The van der Waals surface area contributed by atoms with Crippen LogP contribution in [0.1, 0.15) is 32.6 Å². The maximum Gasteiger partial charge on any atom is 0.254 e. The Morgan fingerprint density at radius 1 is 1.00 bits per heavy atom. The van der Waals surface area contributed by atoms with Crippen molar-refractivity contribution in [1.82, 2.24) is 14.9 Å². The molecule has 0 unspecified atom stereocenters. The third-order valence-electron chi connectivity index (χ3n) is 5.75. The largest absolute Gasteiger partial charge is 0.493 e. The Balaban J connectivity index is 1.74. The Morgan fingerprint density at radius 3 is 2.50 bits per heavy atom. The quantitative estimate of drug-likeness (QED) is 0.445. The van der Waals surface area contributed by atoms with Crippen LogP contribution in [-0.2, 0) is 13.1 Å². The molecular weight excluding hydrogens is 430 g/mol. The molecule has 7 nitrogen and oxygen atoms in total. The number of hydrogen-bond donors (Lipinski definition) is 1. The number of carbonyl (C=O) groups excluding carboxylic acids is 1. The van der Waals surface area contributed by atoms with Crippen LogP contribution >= 0.6 is 0 Å². The van der Waals surface area contributed by atoms with Gasteiger partial charge in [0.2, 0.25) is 0 Å². The molecule has 7 heteroatoms. The molecule has 0 radical (unpaired) electrons. The van der Waals surface area contributed by atoms with Crippen LogP contribution < -0.4 is 15.0 Å². The number of aromatic amines is 1. The van der Waals surface area contributed by atoms with E-state index < -0.39 is 0 Å². The van der Waals surface area contributed by atoms with E-state index in [0.29, 0.717) is 29.2 Å². The minimum Gasteiger partial charge on any atom is -0.493 e. The van der Waals surface area contributed by atoms with E-state index in [4.69, 9.17) is 9.47 Å². The number of hydrogen-bond acceptors (Lipinski definition) is 5. The van der Waals surface area contributed by atoms with E-state index in [-0.39, 0.29) is 18.0 Å². The fourth-order valence-electron chi connectivity index (χ4n) is 4.12. The molecule has 1 amide bonds. The van der Waals surface area contributed by atoms with E-state index in [1.165, 1.54) is 7.11 Å². The van der Waals surface area contributed by atoms with Gasteiger partial charge in [-0.05, 0) is 66.8 Å². The molecule has 34 heavy (non-hydrogen) atoms. The summed E-state index contributed by atoms with van der Waals surface area (Å²) in [5.74, 6) is 0.767. The molecule has 0 bridgehead atoms. The smallest absolute Gasteiger partial charge is 0.254 e. The molecule has 2 aromatic carbocycles. The standard InChI is InChI=1S/C27H27N3O4/c1-17-10-18(2)25-21(11-17)12-22(26(31)29-25)16-30(15-19-6-5-9-28-14-19)27(32)20-7-8-23(33-3)24(13-20)34-4/h5-14H,15-16H2,1-4H3,(H,29,31). The second-order valence-corrected chi connectivity index (χ2v) is 8.26. The van der Waals surface area contributed by atoms with E-state index in [1.807, 2.05) is 44.2 Å². The second-order valence-electron chi connectivity index (χ2n) is 8.26. The molecular formula is C27H27N3O4. The lowest BCUT2D eigenvalue weighted by Crippen LogP contribution is -2.32. The number of methoxy groups -OCH3 is 2. The molecule has 4 aromatic rings. The fourth-order valence-corrected chi connectivity index (χ4v) is 4.12. The lowest BCUT2D eigenvalue weighted by molar-refractivity contribution is 0.0729. The summed E-state index contributed by atoms with van der Waals surface area (Å²) in [7, 11) is 3.07.